The van der Waals surface area contributed by atoms with E-state index in [1.807, 2.05) is 45.0 Å². The Morgan fingerprint density at radius 2 is 1.87 bits per heavy atom. The third-order valence-electron chi connectivity index (χ3n) is 3.83. The van der Waals surface area contributed by atoms with Gasteiger partial charge < -0.3 is 14.6 Å². The topological polar surface area (TPSA) is 62.5 Å². The highest BCUT2D eigenvalue weighted by molar-refractivity contribution is 5.87. The summed E-state index contributed by atoms with van der Waals surface area (Å²) in [6.07, 6.45) is 0. The lowest BCUT2D eigenvalue weighted by molar-refractivity contribution is 0.0694. The summed E-state index contributed by atoms with van der Waals surface area (Å²) < 4.78 is 1.56. The van der Waals surface area contributed by atoms with Crippen molar-refractivity contribution >= 4 is 5.97 Å². The van der Waals surface area contributed by atoms with E-state index in [1.54, 1.807) is 10.6 Å². The molecular weight excluding hydrogens is 292 g/mol. The minimum atomic E-state index is -1.19. The third kappa shape index (κ3) is 3.68. The summed E-state index contributed by atoms with van der Waals surface area (Å²) in [5.41, 5.74) is 3.25. The van der Waals surface area contributed by atoms with Crippen LogP contribution in [0, 0.1) is 13.8 Å². The molecule has 0 aliphatic heterocycles. The number of aryl methyl sites for hydroxylation is 2. The van der Waals surface area contributed by atoms with Gasteiger partial charge in [0.25, 0.3) is 5.56 Å². The molecule has 1 heterocycles. The smallest absolute Gasteiger partial charge is 0.341 e. The Kier molecular flexibility index (Phi) is 5.01. The molecule has 0 aliphatic carbocycles. The van der Waals surface area contributed by atoms with Crippen molar-refractivity contribution in [1.82, 2.24) is 9.47 Å². The standard InChI is InChI=1S/C18H22N2O3/c1-12-5-6-14(13(2)11-12)16-8-7-15(18(22)23)17(21)20(16)10-9-19(3)4/h5-8,11H,9-10H2,1-4H3,(H,22,23). The van der Waals surface area contributed by atoms with Crippen LogP contribution in [0.25, 0.3) is 11.3 Å². The Morgan fingerprint density at radius 3 is 2.43 bits per heavy atom. The maximum absolute atomic E-state index is 12.6. The molecule has 0 radical (unpaired) electrons. The van der Waals surface area contributed by atoms with Crippen molar-refractivity contribution in [1.29, 1.82) is 0 Å². The van der Waals surface area contributed by atoms with Crippen molar-refractivity contribution in [2.45, 2.75) is 20.4 Å². The minimum absolute atomic E-state index is 0.197. The lowest BCUT2D eigenvalue weighted by Crippen LogP contribution is -2.31. The predicted octanol–water partition coefficient (Wildman–Crippen LogP) is 2.39. The van der Waals surface area contributed by atoms with Gasteiger partial charge in [-0.15, -0.1) is 0 Å². The van der Waals surface area contributed by atoms with E-state index < -0.39 is 11.5 Å². The van der Waals surface area contributed by atoms with Gasteiger partial charge in [0.05, 0.1) is 5.69 Å². The number of carboxylic acids is 1. The molecule has 1 N–H and O–H groups in total. The molecule has 0 unspecified atom stereocenters. The fraction of sp³-hybridized carbons (Fsp3) is 0.333. The lowest BCUT2D eigenvalue weighted by atomic mass is 10.0. The van der Waals surface area contributed by atoms with E-state index in [1.165, 1.54) is 6.07 Å². The van der Waals surface area contributed by atoms with E-state index in [0.29, 0.717) is 13.1 Å². The molecular formula is C18H22N2O3. The zero-order valence-corrected chi connectivity index (χ0v) is 14.0. The molecule has 0 fully saturated rings. The molecule has 2 rings (SSSR count). The van der Waals surface area contributed by atoms with Crippen molar-refractivity contribution in [2.24, 2.45) is 0 Å². The van der Waals surface area contributed by atoms with E-state index in [-0.39, 0.29) is 5.56 Å². The molecule has 5 heteroatoms. The third-order valence-corrected chi connectivity index (χ3v) is 3.83. The first kappa shape index (κ1) is 17.0. The van der Waals surface area contributed by atoms with Crippen LogP contribution in [0.15, 0.2) is 35.1 Å². The molecule has 0 spiro atoms. The van der Waals surface area contributed by atoms with Crippen molar-refractivity contribution < 1.29 is 9.90 Å². The molecule has 122 valence electrons. The van der Waals surface area contributed by atoms with Crippen LogP contribution in [-0.2, 0) is 6.54 Å². The first-order chi connectivity index (χ1) is 10.8. The number of benzene rings is 1. The van der Waals surface area contributed by atoms with E-state index in [0.717, 1.165) is 22.4 Å². The van der Waals surface area contributed by atoms with Crippen LogP contribution in [0.2, 0.25) is 0 Å². The zero-order valence-electron chi connectivity index (χ0n) is 14.0. The highest BCUT2D eigenvalue weighted by atomic mass is 16.4. The minimum Gasteiger partial charge on any atom is -0.477 e. The Hall–Kier alpha value is -2.40. The average molecular weight is 314 g/mol. The molecule has 1 aromatic carbocycles. The quantitative estimate of drug-likeness (QED) is 0.920. The summed E-state index contributed by atoms with van der Waals surface area (Å²) in [6.45, 7) is 5.11. The molecule has 0 amide bonds. The summed E-state index contributed by atoms with van der Waals surface area (Å²) in [4.78, 5) is 25.8. The van der Waals surface area contributed by atoms with E-state index in [2.05, 4.69) is 6.07 Å². The average Bonchev–Trinajstić information content (AvgIpc) is 2.45. The summed E-state index contributed by atoms with van der Waals surface area (Å²) in [5, 5.41) is 9.20. The van der Waals surface area contributed by atoms with Crippen molar-refractivity contribution in [3.8, 4) is 11.3 Å². The number of aromatic carboxylic acids is 1. The van der Waals surface area contributed by atoms with Crippen molar-refractivity contribution in [2.75, 3.05) is 20.6 Å². The monoisotopic (exact) mass is 314 g/mol. The Labute approximate surface area is 135 Å². The molecule has 5 nitrogen and oxygen atoms in total. The summed E-state index contributed by atoms with van der Waals surface area (Å²) in [5.74, 6) is -1.19. The second-order valence-electron chi connectivity index (χ2n) is 6.02. The predicted molar refractivity (Wildman–Crippen MR) is 91.1 cm³/mol. The van der Waals surface area contributed by atoms with Crippen LogP contribution in [0.4, 0.5) is 0 Å². The van der Waals surface area contributed by atoms with E-state index in [4.69, 9.17) is 0 Å². The molecule has 0 saturated heterocycles. The van der Waals surface area contributed by atoms with Crippen molar-refractivity contribution in [3.05, 3.63) is 57.4 Å². The second-order valence-corrected chi connectivity index (χ2v) is 6.02. The van der Waals surface area contributed by atoms with Gasteiger partial charge in [-0.2, -0.15) is 0 Å². The number of carbonyl (C=O) groups is 1. The van der Waals surface area contributed by atoms with Gasteiger partial charge >= 0.3 is 5.97 Å². The molecule has 0 bridgehead atoms. The molecule has 0 aliphatic rings. The van der Waals surface area contributed by atoms with Crippen LogP contribution in [0.1, 0.15) is 21.5 Å². The van der Waals surface area contributed by atoms with Crippen molar-refractivity contribution in [3.63, 3.8) is 0 Å². The first-order valence-electron chi connectivity index (χ1n) is 7.50. The number of pyridine rings is 1. The molecule has 2 aromatic rings. The van der Waals surface area contributed by atoms with Crippen LogP contribution < -0.4 is 5.56 Å². The van der Waals surface area contributed by atoms with Crippen LogP contribution in [0.3, 0.4) is 0 Å². The molecule has 1 aromatic heterocycles. The Morgan fingerprint density at radius 1 is 1.17 bits per heavy atom. The number of hydrogen-bond donors (Lipinski definition) is 1. The van der Waals surface area contributed by atoms with Crippen LogP contribution >= 0.6 is 0 Å². The van der Waals surface area contributed by atoms with Gasteiger partial charge in [-0.1, -0.05) is 23.8 Å². The molecule has 0 saturated carbocycles. The van der Waals surface area contributed by atoms with Crippen LogP contribution in [-0.4, -0.2) is 41.2 Å². The normalized spacial score (nSPS) is 11.0. The fourth-order valence-corrected chi connectivity index (χ4v) is 2.60. The van der Waals surface area contributed by atoms with Gasteiger partial charge in [-0.25, -0.2) is 4.79 Å². The SMILES string of the molecule is Cc1ccc(-c2ccc(C(=O)O)c(=O)n2CCN(C)C)c(C)c1. The summed E-state index contributed by atoms with van der Waals surface area (Å²) in [7, 11) is 3.84. The molecule has 0 atom stereocenters. The zero-order chi connectivity index (χ0) is 17.1. The Balaban J connectivity index is 2.64. The number of nitrogens with zero attached hydrogens (tertiary/aromatic N) is 2. The van der Waals surface area contributed by atoms with Gasteiger partial charge in [0.1, 0.15) is 5.56 Å². The largest absolute Gasteiger partial charge is 0.477 e. The highest BCUT2D eigenvalue weighted by Crippen LogP contribution is 2.23. The fourth-order valence-electron chi connectivity index (χ4n) is 2.60. The summed E-state index contributed by atoms with van der Waals surface area (Å²) in [6, 6.07) is 9.14. The number of aromatic nitrogens is 1. The van der Waals surface area contributed by atoms with E-state index in [9.17, 15) is 14.7 Å². The van der Waals surface area contributed by atoms with Gasteiger partial charge in [0.2, 0.25) is 0 Å². The number of likely N-dealkylation sites (N-methyl/N-ethyl adjacent to an activating group) is 1. The van der Waals surface area contributed by atoms with E-state index >= 15 is 0 Å². The second kappa shape index (κ2) is 6.79. The summed E-state index contributed by atoms with van der Waals surface area (Å²) >= 11 is 0. The van der Waals surface area contributed by atoms with Gasteiger partial charge in [0, 0.05) is 18.7 Å². The number of carboxylic acid groups (broad SMARTS) is 1. The van der Waals surface area contributed by atoms with Gasteiger partial charge in [-0.05, 0) is 45.6 Å². The van der Waals surface area contributed by atoms with Crippen LogP contribution in [0.5, 0.6) is 0 Å². The Bertz CT molecular complexity index is 791. The molecule has 23 heavy (non-hydrogen) atoms. The first-order valence-corrected chi connectivity index (χ1v) is 7.50. The van der Waals surface area contributed by atoms with Gasteiger partial charge in [0.15, 0.2) is 0 Å². The maximum atomic E-state index is 12.6. The number of rotatable bonds is 5. The van der Waals surface area contributed by atoms with Gasteiger partial charge in [-0.3, -0.25) is 4.79 Å². The maximum Gasteiger partial charge on any atom is 0.341 e. The highest BCUT2D eigenvalue weighted by Gasteiger charge is 2.16. The number of hydrogen-bond acceptors (Lipinski definition) is 3. The lowest BCUT2D eigenvalue weighted by Gasteiger charge is -2.18.